The Balaban J connectivity index is 0.00000200. The van der Waals surface area contributed by atoms with Crippen LogP contribution in [0.1, 0.15) is 19.8 Å². The van der Waals surface area contributed by atoms with Crippen LogP contribution in [0.2, 0.25) is 5.02 Å². The standard InChI is InChI=1S/C13H19ClN2O2S.ClH/c1-10(11-3-2-8-15-9-11)16-19(17,18)13-6-4-12(14)5-7-13;/h4-7,10-11,15-16H,2-3,8-9H2,1H3;1H. The van der Waals surface area contributed by atoms with E-state index in [0.717, 1.165) is 25.9 Å². The number of piperidine rings is 1. The first-order valence-corrected chi connectivity index (χ1v) is 8.34. The monoisotopic (exact) mass is 338 g/mol. The summed E-state index contributed by atoms with van der Waals surface area (Å²) >= 11 is 5.77. The molecule has 7 heteroatoms. The normalized spacial score (nSPS) is 21.0. The molecule has 2 unspecified atom stereocenters. The Hall–Kier alpha value is -0.330. The highest BCUT2D eigenvalue weighted by Gasteiger charge is 2.24. The van der Waals surface area contributed by atoms with Gasteiger partial charge in [0.1, 0.15) is 0 Å². The Morgan fingerprint density at radius 1 is 1.35 bits per heavy atom. The van der Waals surface area contributed by atoms with Gasteiger partial charge in [-0.15, -0.1) is 12.4 Å². The number of hydrogen-bond donors (Lipinski definition) is 2. The summed E-state index contributed by atoms with van der Waals surface area (Å²) in [6.07, 6.45) is 2.15. The molecule has 0 radical (unpaired) electrons. The summed E-state index contributed by atoms with van der Waals surface area (Å²) in [4.78, 5) is 0.257. The third kappa shape index (κ3) is 4.60. The predicted octanol–water partition coefficient (Wildman–Crippen LogP) is 2.43. The third-order valence-electron chi connectivity index (χ3n) is 3.51. The van der Waals surface area contributed by atoms with E-state index in [1.807, 2.05) is 6.92 Å². The van der Waals surface area contributed by atoms with Crippen molar-refractivity contribution in [3.05, 3.63) is 29.3 Å². The van der Waals surface area contributed by atoms with Gasteiger partial charge in [0.25, 0.3) is 0 Å². The second kappa shape index (κ2) is 7.61. The number of hydrogen-bond acceptors (Lipinski definition) is 3. The van der Waals surface area contributed by atoms with Crippen LogP contribution in [-0.2, 0) is 10.0 Å². The molecule has 0 amide bonds. The molecule has 2 rings (SSSR count). The fourth-order valence-electron chi connectivity index (χ4n) is 2.33. The molecule has 1 saturated heterocycles. The first-order valence-electron chi connectivity index (χ1n) is 6.47. The molecule has 0 saturated carbocycles. The lowest BCUT2D eigenvalue weighted by atomic mass is 9.94. The van der Waals surface area contributed by atoms with Gasteiger partial charge in [-0.2, -0.15) is 0 Å². The summed E-state index contributed by atoms with van der Waals surface area (Å²) in [5.41, 5.74) is 0. The van der Waals surface area contributed by atoms with E-state index in [9.17, 15) is 8.42 Å². The number of sulfonamides is 1. The molecule has 0 aromatic heterocycles. The summed E-state index contributed by atoms with van der Waals surface area (Å²) in [6, 6.07) is 6.15. The highest BCUT2D eigenvalue weighted by Crippen LogP contribution is 2.18. The van der Waals surface area contributed by atoms with Crippen molar-refractivity contribution in [2.24, 2.45) is 5.92 Å². The number of rotatable bonds is 4. The van der Waals surface area contributed by atoms with E-state index in [2.05, 4.69) is 10.0 Å². The molecule has 0 aliphatic carbocycles. The molecule has 0 spiro atoms. The van der Waals surface area contributed by atoms with Crippen molar-refractivity contribution in [3.63, 3.8) is 0 Å². The second-order valence-electron chi connectivity index (χ2n) is 4.97. The molecule has 1 heterocycles. The minimum atomic E-state index is -3.46. The van der Waals surface area contributed by atoms with Gasteiger partial charge in [-0.05, 0) is 63.0 Å². The molecule has 1 aliphatic rings. The van der Waals surface area contributed by atoms with E-state index in [0.29, 0.717) is 10.9 Å². The topological polar surface area (TPSA) is 58.2 Å². The molecule has 2 N–H and O–H groups in total. The maximum absolute atomic E-state index is 12.2. The largest absolute Gasteiger partial charge is 0.316 e. The van der Waals surface area contributed by atoms with Crippen LogP contribution in [0.5, 0.6) is 0 Å². The maximum atomic E-state index is 12.2. The summed E-state index contributed by atoms with van der Waals surface area (Å²) < 4.78 is 27.2. The zero-order chi connectivity index (χ0) is 13.9. The van der Waals surface area contributed by atoms with Crippen molar-refractivity contribution in [2.75, 3.05) is 13.1 Å². The molecule has 114 valence electrons. The highest BCUT2D eigenvalue weighted by atomic mass is 35.5. The Labute approximate surface area is 131 Å². The van der Waals surface area contributed by atoms with Crippen LogP contribution < -0.4 is 10.0 Å². The Morgan fingerprint density at radius 2 is 2.00 bits per heavy atom. The van der Waals surface area contributed by atoms with E-state index in [4.69, 9.17) is 11.6 Å². The van der Waals surface area contributed by atoms with Crippen molar-refractivity contribution < 1.29 is 8.42 Å². The Bertz CT molecular complexity index is 514. The van der Waals surface area contributed by atoms with Crippen molar-refractivity contribution in [1.82, 2.24) is 10.0 Å². The van der Waals surface area contributed by atoms with Gasteiger partial charge in [-0.1, -0.05) is 11.6 Å². The van der Waals surface area contributed by atoms with Gasteiger partial charge < -0.3 is 5.32 Å². The fourth-order valence-corrected chi connectivity index (χ4v) is 3.77. The molecule has 1 aromatic rings. The molecular weight excluding hydrogens is 319 g/mol. The van der Waals surface area contributed by atoms with Crippen molar-refractivity contribution in [3.8, 4) is 0 Å². The molecule has 0 bridgehead atoms. The third-order valence-corrected chi connectivity index (χ3v) is 5.33. The van der Waals surface area contributed by atoms with Crippen LogP contribution in [0, 0.1) is 5.92 Å². The van der Waals surface area contributed by atoms with Gasteiger partial charge in [-0.3, -0.25) is 0 Å². The predicted molar refractivity (Wildman–Crippen MR) is 84.1 cm³/mol. The minimum absolute atomic E-state index is 0. The number of benzene rings is 1. The lowest BCUT2D eigenvalue weighted by Gasteiger charge is -2.28. The lowest BCUT2D eigenvalue weighted by Crippen LogP contribution is -2.44. The van der Waals surface area contributed by atoms with Crippen molar-refractivity contribution >= 4 is 34.0 Å². The van der Waals surface area contributed by atoms with Gasteiger partial charge in [0.05, 0.1) is 4.90 Å². The number of nitrogens with one attached hydrogen (secondary N) is 2. The first-order chi connectivity index (χ1) is 8.99. The average Bonchev–Trinajstić information content (AvgIpc) is 2.40. The SMILES string of the molecule is CC(NS(=O)(=O)c1ccc(Cl)cc1)C1CCCNC1.Cl. The zero-order valence-corrected chi connectivity index (χ0v) is 13.7. The Morgan fingerprint density at radius 3 is 2.55 bits per heavy atom. The van der Waals surface area contributed by atoms with Crippen LogP contribution in [0.4, 0.5) is 0 Å². The van der Waals surface area contributed by atoms with Crippen molar-refractivity contribution in [1.29, 1.82) is 0 Å². The zero-order valence-electron chi connectivity index (χ0n) is 11.3. The average molecular weight is 339 g/mol. The molecule has 2 atom stereocenters. The summed E-state index contributed by atoms with van der Waals surface area (Å²) in [5, 5.41) is 3.83. The second-order valence-corrected chi connectivity index (χ2v) is 7.12. The van der Waals surface area contributed by atoms with Crippen LogP contribution in [0.3, 0.4) is 0 Å². The van der Waals surface area contributed by atoms with Crippen LogP contribution in [0.15, 0.2) is 29.2 Å². The van der Waals surface area contributed by atoms with Gasteiger partial charge in [0, 0.05) is 11.1 Å². The van der Waals surface area contributed by atoms with Gasteiger partial charge in [-0.25, -0.2) is 13.1 Å². The molecule has 1 aromatic carbocycles. The molecule has 1 fully saturated rings. The molecule has 1 aliphatic heterocycles. The van der Waals surface area contributed by atoms with E-state index >= 15 is 0 Å². The van der Waals surface area contributed by atoms with Crippen LogP contribution in [-0.4, -0.2) is 27.5 Å². The summed E-state index contributed by atoms with van der Waals surface area (Å²) in [7, 11) is -3.46. The number of halogens is 2. The highest BCUT2D eigenvalue weighted by molar-refractivity contribution is 7.89. The quantitative estimate of drug-likeness (QED) is 0.886. The van der Waals surface area contributed by atoms with Gasteiger partial charge in [0.15, 0.2) is 0 Å². The fraction of sp³-hybridized carbons (Fsp3) is 0.538. The van der Waals surface area contributed by atoms with E-state index < -0.39 is 10.0 Å². The lowest BCUT2D eigenvalue weighted by molar-refractivity contribution is 0.320. The molecule has 20 heavy (non-hydrogen) atoms. The van der Waals surface area contributed by atoms with Gasteiger partial charge >= 0.3 is 0 Å². The first kappa shape index (κ1) is 17.7. The summed E-state index contributed by atoms with van der Waals surface area (Å²) in [6.45, 7) is 3.81. The van der Waals surface area contributed by atoms with Crippen LogP contribution >= 0.6 is 24.0 Å². The smallest absolute Gasteiger partial charge is 0.240 e. The van der Waals surface area contributed by atoms with Crippen LogP contribution in [0.25, 0.3) is 0 Å². The minimum Gasteiger partial charge on any atom is -0.316 e. The maximum Gasteiger partial charge on any atom is 0.240 e. The van der Waals surface area contributed by atoms with E-state index in [-0.39, 0.29) is 23.3 Å². The summed E-state index contributed by atoms with van der Waals surface area (Å²) in [5.74, 6) is 0.343. The van der Waals surface area contributed by atoms with E-state index in [1.54, 1.807) is 12.1 Å². The molecular formula is C13H20Cl2N2O2S. The van der Waals surface area contributed by atoms with E-state index in [1.165, 1.54) is 12.1 Å². The molecule has 4 nitrogen and oxygen atoms in total. The Kier molecular flexibility index (Phi) is 6.75. The van der Waals surface area contributed by atoms with Gasteiger partial charge in [0.2, 0.25) is 10.0 Å². The van der Waals surface area contributed by atoms with Crippen molar-refractivity contribution in [2.45, 2.75) is 30.7 Å².